The van der Waals surface area contributed by atoms with Gasteiger partial charge in [-0.15, -0.1) is 0 Å². The lowest BCUT2D eigenvalue weighted by atomic mass is 10.2. The maximum absolute atomic E-state index is 12.2. The summed E-state index contributed by atoms with van der Waals surface area (Å²) in [6.45, 7) is 3.78. The molecule has 100 valence electrons. The zero-order valence-electron chi connectivity index (χ0n) is 10.5. The molecule has 0 saturated carbocycles. The second-order valence-electron chi connectivity index (χ2n) is 4.27. The van der Waals surface area contributed by atoms with E-state index < -0.39 is 0 Å². The van der Waals surface area contributed by atoms with Crippen LogP contribution in [0.3, 0.4) is 0 Å². The monoisotopic (exact) mass is 433 g/mol. The number of halogens is 2. The Kier molecular flexibility index (Phi) is 4.67. The zero-order chi connectivity index (χ0) is 14.0. The van der Waals surface area contributed by atoms with Gasteiger partial charge in [-0.3, -0.25) is 4.79 Å². The number of carbonyl (C=O) groups excluding carboxylic acids is 1. The second-order valence-corrected chi connectivity index (χ2v) is 6.37. The zero-order valence-corrected chi connectivity index (χ0v) is 14.3. The average Bonchev–Trinajstić information content (AvgIpc) is 2.79. The minimum atomic E-state index is -0.161. The number of carbonyl (C=O) groups is 1. The highest BCUT2D eigenvalue weighted by atomic mass is 127. The lowest BCUT2D eigenvalue weighted by molar-refractivity contribution is 0.0934. The summed E-state index contributed by atoms with van der Waals surface area (Å²) >= 11 is 5.58. The van der Waals surface area contributed by atoms with E-state index >= 15 is 0 Å². The highest BCUT2D eigenvalue weighted by Crippen LogP contribution is 2.21. The first-order valence-electron chi connectivity index (χ1n) is 5.79. The van der Waals surface area contributed by atoms with Gasteiger partial charge >= 0.3 is 0 Å². The largest absolute Gasteiger partial charge is 0.464 e. The molecule has 19 heavy (non-hydrogen) atoms. The molecule has 2 rings (SSSR count). The topological polar surface area (TPSA) is 42.2 Å². The van der Waals surface area contributed by atoms with Gasteiger partial charge in [-0.1, -0.05) is 0 Å². The summed E-state index contributed by atoms with van der Waals surface area (Å²) in [6, 6.07) is 9.27. The average molecular weight is 434 g/mol. The first kappa shape index (κ1) is 14.6. The minimum absolute atomic E-state index is 0.119. The Hall–Kier alpha value is -0.820. The fraction of sp³-hybridized carbons (Fsp3) is 0.214. The third-order valence-corrected chi connectivity index (χ3v) is 4.07. The minimum Gasteiger partial charge on any atom is -0.464 e. The van der Waals surface area contributed by atoms with E-state index in [2.05, 4.69) is 43.8 Å². The molecule has 1 aromatic carbocycles. The number of rotatable bonds is 3. The molecule has 1 aromatic heterocycles. The summed E-state index contributed by atoms with van der Waals surface area (Å²) in [6.07, 6.45) is 0. The van der Waals surface area contributed by atoms with Crippen molar-refractivity contribution in [1.82, 2.24) is 5.32 Å². The third kappa shape index (κ3) is 3.60. The van der Waals surface area contributed by atoms with Crippen LogP contribution in [0.5, 0.6) is 0 Å². The van der Waals surface area contributed by atoms with Gasteiger partial charge < -0.3 is 9.73 Å². The molecular weight excluding hydrogens is 421 g/mol. The van der Waals surface area contributed by atoms with E-state index in [1.807, 2.05) is 44.2 Å². The third-order valence-electron chi connectivity index (χ3n) is 2.71. The summed E-state index contributed by atoms with van der Waals surface area (Å²) in [7, 11) is 0. The van der Waals surface area contributed by atoms with Crippen LogP contribution in [0, 0.1) is 10.5 Å². The SMILES string of the molecule is Cc1ccc(C(C)NC(=O)c2cc(I)ccc2Br)o1. The Balaban J connectivity index is 2.15. The van der Waals surface area contributed by atoms with E-state index in [0.717, 1.165) is 19.6 Å². The van der Waals surface area contributed by atoms with Gasteiger partial charge in [0.1, 0.15) is 11.5 Å². The summed E-state index contributed by atoms with van der Waals surface area (Å²) in [5.74, 6) is 1.48. The van der Waals surface area contributed by atoms with Crippen LogP contribution < -0.4 is 5.32 Å². The Morgan fingerprint density at radius 1 is 1.37 bits per heavy atom. The molecule has 1 atom stereocenters. The Morgan fingerprint density at radius 2 is 2.11 bits per heavy atom. The quantitative estimate of drug-likeness (QED) is 0.726. The van der Waals surface area contributed by atoms with Crippen molar-refractivity contribution < 1.29 is 9.21 Å². The molecule has 0 saturated heterocycles. The van der Waals surface area contributed by atoms with Gasteiger partial charge in [0.05, 0.1) is 11.6 Å². The molecule has 0 aliphatic rings. The van der Waals surface area contributed by atoms with E-state index in [4.69, 9.17) is 4.42 Å². The van der Waals surface area contributed by atoms with Gasteiger partial charge in [0.25, 0.3) is 5.91 Å². The maximum atomic E-state index is 12.2. The molecule has 1 amide bonds. The molecule has 0 fully saturated rings. The normalized spacial score (nSPS) is 12.2. The highest BCUT2D eigenvalue weighted by molar-refractivity contribution is 14.1. The van der Waals surface area contributed by atoms with Crippen molar-refractivity contribution in [3.8, 4) is 0 Å². The molecule has 1 unspecified atom stereocenters. The van der Waals surface area contributed by atoms with Crippen LogP contribution >= 0.6 is 38.5 Å². The number of amides is 1. The first-order valence-corrected chi connectivity index (χ1v) is 7.67. The van der Waals surface area contributed by atoms with Crippen LogP contribution in [0.1, 0.15) is 34.8 Å². The summed E-state index contributed by atoms with van der Waals surface area (Å²) in [4.78, 5) is 12.2. The fourth-order valence-corrected chi connectivity index (χ4v) is 2.62. The Labute approximate surface area is 134 Å². The van der Waals surface area contributed by atoms with Crippen LogP contribution in [-0.4, -0.2) is 5.91 Å². The fourth-order valence-electron chi connectivity index (χ4n) is 1.70. The van der Waals surface area contributed by atoms with Crippen molar-refractivity contribution in [3.63, 3.8) is 0 Å². The van der Waals surface area contributed by atoms with Crippen LogP contribution in [0.25, 0.3) is 0 Å². The van der Waals surface area contributed by atoms with Gasteiger partial charge in [-0.2, -0.15) is 0 Å². The van der Waals surface area contributed by atoms with Crippen LogP contribution in [0.4, 0.5) is 0 Å². The van der Waals surface area contributed by atoms with E-state index in [1.165, 1.54) is 0 Å². The number of hydrogen-bond donors (Lipinski definition) is 1. The molecule has 2 aromatic rings. The number of aryl methyl sites for hydroxylation is 1. The van der Waals surface area contributed by atoms with Crippen molar-refractivity contribution in [2.45, 2.75) is 19.9 Å². The van der Waals surface area contributed by atoms with Crippen molar-refractivity contribution in [2.75, 3.05) is 0 Å². The van der Waals surface area contributed by atoms with Crippen molar-refractivity contribution in [3.05, 3.63) is 55.5 Å². The molecule has 0 aliphatic carbocycles. The van der Waals surface area contributed by atoms with E-state index in [-0.39, 0.29) is 11.9 Å². The van der Waals surface area contributed by atoms with Gasteiger partial charge in [0.15, 0.2) is 0 Å². The van der Waals surface area contributed by atoms with Gasteiger partial charge in [0.2, 0.25) is 0 Å². The lowest BCUT2D eigenvalue weighted by Crippen LogP contribution is -2.26. The maximum Gasteiger partial charge on any atom is 0.253 e. The number of benzene rings is 1. The first-order chi connectivity index (χ1) is 8.97. The van der Waals surface area contributed by atoms with E-state index in [0.29, 0.717) is 5.56 Å². The number of hydrogen-bond acceptors (Lipinski definition) is 2. The molecular formula is C14H13BrINO2. The molecule has 0 spiro atoms. The van der Waals surface area contributed by atoms with Gasteiger partial charge in [-0.05, 0) is 82.7 Å². The standard InChI is InChI=1S/C14H13BrINO2/c1-8-3-6-13(19-8)9(2)17-14(18)11-7-10(16)4-5-12(11)15/h3-7,9H,1-2H3,(H,17,18). The summed E-state index contributed by atoms with van der Waals surface area (Å²) < 4.78 is 7.31. The molecule has 0 radical (unpaired) electrons. The van der Waals surface area contributed by atoms with Crippen molar-refractivity contribution >= 4 is 44.4 Å². The molecule has 5 heteroatoms. The molecule has 0 bridgehead atoms. The summed E-state index contributed by atoms with van der Waals surface area (Å²) in [5, 5.41) is 2.93. The van der Waals surface area contributed by atoms with Gasteiger partial charge in [-0.25, -0.2) is 0 Å². The Morgan fingerprint density at radius 3 is 2.74 bits per heavy atom. The van der Waals surface area contributed by atoms with Gasteiger partial charge in [0, 0.05) is 8.04 Å². The van der Waals surface area contributed by atoms with Crippen LogP contribution in [0.2, 0.25) is 0 Å². The predicted octanol–water partition coefficient (Wildman–Crippen LogP) is 4.45. The van der Waals surface area contributed by atoms with Crippen LogP contribution in [0.15, 0.2) is 39.2 Å². The smallest absolute Gasteiger partial charge is 0.253 e. The molecule has 3 nitrogen and oxygen atoms in total. The molecule has 1 heterocycles. The number of nitrogens with one attached hydrogen (secondary N) is 1. The van der Waals surface area contributed by atoms with Crippen molar-refractivity contribution in [2.24, 2.45) is 0 Å². The summed E-state index contributed by atoms with van der Waals surface area (Å²) in [5.41, 5.74) is 0.627. The highest BCUT2D eigenvalue weighted by Gasteiger charge is 2.16. The Bertz CT molecular complexity index is 609. The lowest BCUT2D eigenvalue weighted by Gasteiger charge is -2.12. The van der Waals surface area contributed by atoms with Crippen LogP contribution in [-0.2, 0) is 0 Å². The van der Waals surface area contributed by atoms with Crippen molar-refractivity contribution in [1.29, 1.82) is 0 Å². The van der Waals surface area contributed by atoms with E-state index in [1.54, 1.807) is 0 Å². The van der Waals surface area contributed by atoms with E-state index in [9.17, 15) is 4.79 Å². The predicted molar refractivity (Wildman–Crippen MR) is 86.2 cm³/mol. The number of furan rings is 1. The molecule has 0 aliphatic heterocycles. The second kappa shape index (κ2) is 6.09. The molecule has 1 N–H and O–H groups in total.